The SMILES string of the molecule is Cc1ccc(/C=C(\NC(=O)c2ccccc2)C(=O)Nc2cccc(SC(C)C(=O)Nc3ccc(C)c(Cl)c3)c2)cc1. The van der Waals surface area contributed by atoms with Gasteiger partial charge in [0.2, 0.25) is 5.91 Å². The van der Waals surface area contributed by atoms with Gasteiger partial charge in [-0.25, -0.2) is 0 Å². The van der Waals surface area contributed by atoms with Crippen molar-refractivity contribution in [2.24, 2.45) is 0 Å². The highest BCUT2D eigenvalue weighted by atomic mass is 35.5. The van der Waals surface area contributed by atoms with Crippen molar-refractivity contribution in [1.29, 1.82) is 0 Å². The van der Waals surface area contributed by atoms with E-state index in [0.29, 0.717) is 22.0 Å². The molecule has 8 heteroatoms. The summed E-state index contributed by atoms with van der Waals surface area (Å²) in [5.41, 5.74) is 4.49. The second-order valence-electron chi connectivity index (χ2n) is 9.48. The van der Waals surface area contributed by atoms with Crippen LogP contribution in [0.15, 0.2) is 108 Å². The smallest absolute Gasteiger partial charge is 0.272 e. The lowest BCUT2D eigenvalue weighted by Gasteiger charge is -2.14. The Morgan fingerprint density at radius 3 is 2.22 bits per heavy atom. The van der Waals surface area contributed by atoms with E-state index in [4.69, 9.17) is 11.6 Å². The summed E-state index contributed by atoms with van der Waals surface area (Å²) in [6.45, 7) is 5.69. The summed E-state index contributed by atoms with van der Waals surface area (Å²) in [6.07, 6.45) is 1.64. The van der Waals surface area contributed by atoms with Crippen LogP contribution < -0.4 is 16.0 Å². The number of aryl methyl sites for hydroxylation is 2. The van der Waals surface area contributed by atoms with Gasteiger partial charge in [0.15, 0.2) is 0 Å². The van der Waals surface area contributed by atoms with Crippen LogP contribution in [0.5, 0.6) is 0 Å². The van der Waals surface area contributed by atoms with Crippen LogP contribution in [-0.2, 0) is 9.59 Å². The minimum atomic E-state index is -0.473. The third-order valence-electron chi connectivity index (χ3n) is 6.13. The third-order valence-corrected chi connectivity index (χ3v) is 7.63. The first-order valence-corrected chi connectivity index (χ1v) is 14.2. The second-order valence-corrected chi connectivity index (χ2v) is 11.3. The zero-order valence-electron chi connectivity index (χ0n) is 22.9. The van der Waals surface area contributed by atoms with Gasteiger partial charge in [0.25, 0.3) is 11.8 Å². The summed E-state index contributed by atoms with van der Waals surface area (Å²) in [5.74, 6) is -1.03. The predicted octanol–water partition coefficient (Wildman–Crippen LogP) is 7.49. The monoisotopic (exact) mass is 583 g/mol. The highest BCUT2D eigenvalue weighted by Crippen LogP contribution is 2.27. The quantitative estimate of drug-likeness (QED) is 0.141. The molecule has 208 valence electrons. The lowest BCUT2D eigenvalue weighted by molar-refractivity contribution is -0.115. The molecular weight excluding hydrogens is 554 g/mol. The zero-order chi connectivity index (χ0) is 29.4. The molecule has 0 aliphatic rings. The molecular formula is C33H30ClN3O3S. The largest absolute Gasteiger partial charge is 0.325 e. The van der Waals surface area contributed by atoms with E-state index in [-0.39, 0.29) is 11.6 Å². The molecule has 0 fully saturated rings. The summed E-state index contributed by atoms with van der Waals surface area (Å²) in [7, 11) is 0. The molecule has 3 N–H and O–H groups in total. The molecule has 0 radical (unpaired) electrons. The molecule has 0 bridgehead atoms. The third kappa shape index (κ3) is 8.58. The lowest BCUT2D eigenvalue weighted by Crippen LogP contribution is -2.30. The fraction of sp³-hybridized carbons (Fsp3) is 0.121. The molecule has 0 aromatic heterocycles. The van der Waals surface area contributed by atoms with E-state index in [1.165, 1.54) is 11.8 Å². The Hall–Kier alpha value is -4.33. The fourth-order valence-electron chi connectivity index (χ4n) is 3.79. The molecule has 6 nitrogen and oxygen atoms in total. The Balaban J connectivity index is 1.47. The number of benzene rings is 4. The number of hydrogen-bond donors (Lipinski definition) is 3. The number of halogens is 1. The van der Waals surface area contributed by atoms with E-state index < -0.39 is 17.1 Å². The van der Waals surface area contributed by atoms with E-state index in [9.17, 15) is 14.4 Å². The van der Waals surface area contributed by atoms with Crippen LogP contribution in [0.3, 0.4) is 0 Å². The minimum Gasteiger partial charge on any atom is -0.325 e. The summed E-state index contributed by atoms with van der Waals surface area (Å²) < 4.78 is 0. The topological polar surface area (TPSA) is 87.3 Å². The molecule has 4 rings (SSSR count). The summed E-state index contributed by atoms with van der Waals surface area (Å²) in [5, 5.41) is 8.69. The Kier molecular flexibility index (Phi) is 10.0. The molecule has 0 spiro atoms. The maximum atomic E-state index is 13.4. The van der Waals surface area contributed by atoms with Crippen molar-refractivity contribution in [2.75, 3.05) is 10.6 Å². The fourth-order valence-corrected chi connectivity index (χ4v) is 4.90. The summed E-state index contributed by atoms with van der Waals surface area (Å²) in [6, 6.07) is 28.9. The van der Waals surface area contributed by atoms with Crippen LogP contribution in [0.25, 0.3) is 6.08 Å². The normalized spacial score (nSPS) is 11.9. The number of carbonyl (C=O) groups excluding carboxylic acids is 3. The Morgan fingerprint density at radius 1 is 0.805 bits per heavy atom. The maximum Gasteiger partial charge on any atom is 0.272 e. The predicted molar refractivity (Wildman–Crippen MR) is 168 cm³/mol. The van der Waals surface area contributed by atoms with Crippen LogP contribution in [-0.4, -0.2) is 23.0 Å². The molecule has 0 heterocycles. The molecule has 3 amide bonds. The first-order chi connectivity index (χ1) is 19.7. The van der Waals surface area contributed by atoms with Gasteiger partial charge in [-0.2, -0.15) is 0 Å². The molecule has 41 heavy (non-hydrogen) atoms. The van der Waals surface area contributed by atoms with Crippen molar-refractivity contribution >= 4 is 58.5 Å². The number of rotatable bonds is 9. The van der Waals surface area contributed by atoms with Gasteiger partial charge < -0.3 is 16.0 Å². The van der Waals surface area contributed by atoms with Crippen molar-refractivity contribution in [2.45, 2.75) is 30.9 Å². The van der Waals surface area contributed by atoms with Crippen LogP contribution >= 0.6 is 23.4 Å². The Morgan fingerprint density at radius 2 is 1.51 bits per heavy atom. The van der Waals surface area contributed by atoms with Gasteiger partial charge in [-0.1, -0.05) is 71.8 Å². The first-order valence-electron chi connectivity index (χ1n) is 13.0. The standard InChI is InChI=1S/C33H30ClN3O3S/c1-21-12-15-24(16-13-21)18-30(37-32(39)25-8-5-4-6-9-25)33(40)36-26-10-7-11-28(19-26)41-23(3)31(38)35-27-17-14-22(2)29(34)20-27/h4-20,23H,1-3H3,(H,35,38)(H,36,40)(H,37,39)/b30-18-. The average molecular weight is 584 g/mol. The van der Waals surface area contributed by atoms with Crippen molar-refractivity contribution < 1.29 is 14.4 Å². The molecule has 1 unspecified atom stereocenters. The molecule has 0 saturated heterocycles. The van der Waals surface area contributed by atoms with E-state index in [1.807, 2.05) is 69.3 Å². The Bertz CT molecular complexity index is 1590. The number of amides is 3. The van der Waals surface area contributed by atoms with Crippen molar-refractivity contribution in [3.8, 4) is 0 Å². The Labute approximate surface area is 249 Å². The number of thioether (sulfide) groups is 1. The van der Waals surface area contributed by atoms with Gasteiger partial charge >= 0.3 is 0 Å². The molecule has 1 atom stereocenters. The molecule has 0 saturated carbocycles. The van der Waals surface area contributed by atoms with Gasteiger partial charge in [0.05, 0.1) is 5.25 Å². The lowest BCUT2D eigenvalue weighted by atomic mass is 10.1. The van der Waals surface area contributed by atoms with E-state index in [0.717, 1.165) is 21.6 Å². The van der Waals surface area contributed by atoms with Crippen LogP contribution in [0.2, 0.25) is 5.02 Å². The van der Waals surface area contributed by atoms with Crippen molar-refractivity contribution in [3.05, 3.63) is 130 Å². The number of carbonyl (C=O) groups is 3. The van der Waals surface area contributed by atoms with Crippen LogP contribution in [0.1, 0.15) is 34.0 Å². The summed E-state index contributed by atoms with van der Waals surface area (Å²) in [4.78, 5) is 39.8. The molecule has 4 aromatic carbocycles. The second kappa shape index (κ2) is 13.8. The molecule has 0 aliphatic carbocycles. The van der Waals surface area contributed by atoms with Gasteiger partial charge in [-0.3, -0.25) is 14.4 Å². The summed E-state index contributed by atoms with van der Waals surface area (Å²) >= 11 is 7.54. The van der Waals surface area contributed by atoms with E-state index >= 15 is 0 Å². The van der Waals surface area contributed by atoms with Gasteiger partial charge in [0, 0.05) is 26.9 Å². The number of hydrogen-bond acceptors (Lipinski definition) is 4. The van der Waals surface area contributed by atoms with Crippen LogP contribution in [0.4, 0.5) is 11.4 Å². The van der Waals surface area contributed by atoms with Crippen molar-refractivity contribution in [3.63, 3.8) is 0 Å². The number of anilines is 2. The molecule has 0 aliphatic heterocycles. The zero-order valence-corrected chi connectivity index (χ0v) is 24.5. The average Bonchev–Trinajstić information content (AvgIpc) is 2.96. The van der Waals surface area contributed by atoms with E-state index in [1.54, 1.807) is 54.6 Å². The van der Waals surface area contributed by atoms with Gasteiger partial charge in [-0.05, 0) is 80.4 Å². The highest BCUT2D eigenvalue weighted by Gasteiger charge is 2.17. The number of nitrogens with one attached hydrogen (secondary N) is 3. The molecule has 4 aromatic rings. The van der Waals surface area contributed by atoms with Crippen molar-refractivity contribution in [1.82, 2.24) is 5.32 Å². The maximum absolute atomic E-state index is 13.4. The van der Waals surface area contributed by atoms with Gasteiger partial charge in [0.1, 0.15) is 5.70 Å². The first kappa shape index (κ1) is 29.6. The van der Waals surface area contributed by atoms with Gasteiger partial charge in [-0.15, -0.1) is 11.8 Å². The van der Waals surface area contributed by atoms with E-state index in [2.05, 4.69) is 16.0 Å². The van der Waals surface area contributed by atoms with Crippen LogP contribution in [0, 0.1) is 13.8 Å². The minimum absolute atomic E-state index is 0.102. The highest BCUT2D eigenvalue weighted by molar-refractivity contribution is 8.00.